The molecule has 0 aromatic heterocycles. The molecule has 0 fully saturated rings. The van der Waals surface area contributed by atoms with Crippen LogP contribution < -0.4 is 0 Å². The lowest BCUT2D eigenvalue weighted by molar-refractivity contribution is -0.146. The summed E-state index contributed by atoms with van der Waals surface area (Å²) in [6.07, 6.45) is 0. The molecule has 0 amide bonds. The van der Waals surface area contributed by atoms with Crippen LogP contribution in [0.1, 0.15) is 0 Å². The molecule has 0 radical (unpaired) electrons. The maximum absolute atomic E-state index is 10.7. The first kappa shape index (κ1) is 17.6. The monoisotopic (exact) mass is 284 g/mol. The molecule has 0 aliphatic carbocycles. The number of esters is 1. The Labute approximate surface area is 112 Å². The number of hydrogen-bond donors (Lipinski definition) is 0. The van der Waals surface area contributed by atoms with Gasteiger partial charge in [-0.05, 0) is 0 Å². The molecule has 0 bridgehead atoms. The Bertz CT molecular complexity index is 190. The van der Waals surface area contributed by atoms with E-state index in [1.807, 2.05) is 0 Å². The minimum absolute atomic E-state index is 0.0474. The Hall–Kier alpha value is -0.400. The molecule has 0 saturated heterocycles. The molecule has 0 rings (SSSR count). The van der Waals surface area contributed by atoms with Gasteiger partial charge in [0.15, 0.2) is 0 Å². The topological polar surface area (TPSA) is 63.2 Å². The van der Waals surface area contributed by atoms with Crippen molar-refractivity contribution >= 4 is 17.6 Å². The predicted octanol–water partition coefficient (Wildman–Crippen LogP) is 0.465. The van der Waals surface area contributed by atoms with E-state index in [1.54, 1.807) is 0 Å². The first-order valence-corrected chi connectivity index (χ1v) is 6.28. The van der Waals surface area contributed by atoms with Crippen LogP contribution in [0.4, 0.5) is 0 Å². The van der Waals surface area contributed by atoms with Gasteiger partial charge in [0.2, 0.25) is 0 Å². The number of halogens is 1. The highest BCUT2D eigenvalue weighted by Crippen LogP contribution is 1.84. The van der Waals surface area contributed by atoms with Gasteiger partial charge in [0.25, 0.3) is 0 Å². The molecule has 0 saturated carbocycles. The SMILES string of the molecule is COC(=O)COCCOCCOCCOCCCl. The molecule has 7 heteroatoms. The van der Waals surface area contributed by atoms with E-state index in [0.717, 1.165) is 0 Å². The molecule has 0 spiro atoms. The molecule has 6 nitrogen and oxygen atoms in total. The van der Waals surface area contributed by atoms with Gasteiger partial charge in [-0.3, -0.25) is 0 Å². The normalized spacial score (nSPS) is 10.6. The lowest BCUT2D eigenvalue weighted by Gasteiger charge is -2.06. The van der Waals surface area contributed by atoms with Crippen LogP contribution in [0, 0.1) is 0 Å². The fourth-order valence-electron chi connectivity index (χ4n) is 0.929. The third-order valence-corrected chi connectivity index (χ3v) is 1.94. The number of ether oxygens (including phenoxy) is 5. The van der Waals surface area contributed by atoms with Gasteiger partial charge in [0, 0.05) is 5.88 Å². The standard InChI is InChI=1S/C11H21ClO6/c1-14-11(13)10-18-9-8-17-7-6-16-5-4-15-3-2-12/h2-10H2,1H3. The third kappa shape index (κ3) is 13.7. The van der Waals surface area contributed by atoms with Crippen LogP contribution in [0.25, 0.3) is 0 Å². The van der Waals surface area contributed by atoms with Gasteiger partial charge < -0.3 is 23.7 Å². The van der Waals surface area contributed by atoms with Crippen molar-refractivity contribution in [1.29, 1.82) is 0 Å². The van der Waals surface area contributed by atoms with E-state index in [2.05, 4.69) is 4.74 Å². The predicted molar refractivity (Wildman–Crippen MR) is 66.0 cm³/mol. The summed E-state index contributed by atoms with van der Waals surface area (Å²) in [7, 11) is 1.32. The highest BCUT2D eigenvalue weighted by molar-refractivity contribution is 6.17. The van der Waals surface area contributed by atoms with Crippen LogP contribution in [0.15, 0.2) is 0 Å². The Morgan fingerprint density at radius 2 is 1.28 bits per heavy atom. The zero-order valence-electron chi connectivity index (χ0n) is 10.7. The average molecular weight is 285 g/mol. The molecule has 0 N–H and O–H groups in total. The maximum atomic E-state index is 10.7. The summed E-state index contributed by atoms with van der Waals surface area (Å²) < 4.78 is 25.0. The summed E-state index contributed by atoms with van der Waals surface area (Å²) in [6.45, 7) is 3.32. The van der Waals surface area contributed by atoms with E-state index in [4.69, 9.17) is 30.5 Å². The van der Waals surface area contributed by atoms with Gasteiger partial charge in [-0.1, -0.05) is 0 Å². The molecule has 0 atom stereocenters. The van der Waals surface area contributed by atoms with Crippen LogP contribution in [-0.2, 0) is 28.5 Å². The summed E-state index contributed by atoms with van der Waals surface area (Å²) in [5, 5.41) is 0. The Kier molecular flexibility index (Phi) is 14.3. The van der Waals surface area contributed by atoms with Crippen molar-refractivity contribution in [1.82, 2.24) is 0 Å². The smallest absolute Gasteiger partial charge is 0.331 e. The van der Waals surface area contributed by atoms with E-state index in [1.165, 1.54) is 7.11 Å². The van der Waals surface area contributed by atoms with Gasteiger partial charge in [0.1, 0.15) is 6.61 Å². The Morgan fingerprint density at radius 1 is 0.833 bits per heavy atom. The molecular weight excluding hydrogens is 264 g/mol. The second-order valence-electron chi connectivity index (χ2n) is 3.15. The molecule has 0 aliphatic rings. The van der Waals surface area contributed by atoms with Crippen molar-refractivity contribution in [3.63, 3.8) is 0 Å². The second kappa shape index (κ2) is 14.7. The summed E-state index contributed by atoms with van der Waals surface area (Å²) in [6, 6.07) is 0. The Morgan fingerprint density at radius 3 is 1.72 bits per heavy atom. The van der Waals surface area contributed by atoms with E-state index in [9.17, 15) is 4.79 Å². The highest BCUT2D eigenvalue weighted by Gasteiger charge is 1.98. The van der Waals surface area contributed by atoms with Gasteiger partial charge >= 0.3 is 5.97 Å². The Balaban J connectivity index is 2.97. The van der Waals surface area contributed by atoms with Crippen LogP contribution in [0.3, 0.4) is 0 Å². The van der Waals surface area contributed by atoms with E-state index in [0.29, 0.717) is 52.1 Å². The molecule has 18 heavy (non-hydrogen) atoms. The first-order valence-electron chi connectivity index (χ1n) is 5.75. The number of methoxy groups -OCH3 is 1. The van der Waals surface area contributed by atoms with Crippen molar-refractivity contribution in [3.8, 4) is 0 Å². The molecule has 0 aromatic carbocycles. The van der Waals surface area contributed by atoms with Crippen LogP contribution in [0.2, 0.25) is 0 Å². The van der Waals surface area contributed by atoms with Crippen LogP contribution >= 0.6 is 11.6 Å². The van der Waals surface area contributed by atoms with E-state index >= 15 is 0 Å². The molecule has 0 unspecified atom stereocenters. The summed E-state index contributed by atoms with van der Waals surface area (Å²) >= 11 is 5.43. The van der Waals surface area contributed by atoms with E-state index in [-0.39, 0.29) is 6.61 Å². The minimum atomic E-state index is -0.393. The zero-order valence-corrected chi connectivity index (χ0v) is 11.4. The molecule has 108 valence electrons. The van der Waals surface area contributed by atoms with Crippen molar-refractivity contribution in [3.05, 3.63) is 0 Å². The maximum Gasteiger partial charge on any atom is 0.331 e. The fourth-order valence-corrected chi connectivity index (χ4v) is 1.04. The highest BCUT2D eigenvalue weighted by atomic mass is 35.5. The van der Waals surface area contributed by atoms with Crippen molar-refractivity contribution in [2.75, 3.05) is 65.8 Å². The average Bonchev–Trinajstić information content (AvgIpc) is 2.39. The van der Waals surface area contributed by atoms with E-state index < -0.39 is 5.97 Å². The lowest BCUT2D eigenvalue weighted by atomic mass is 10.7. The second-order valence-corrected chi connectivity index (χ2v) is 3.53. The lowest BCUT2D eigenvalue weighted by Crippen LogP contribution is -2.15. The quantitative estimate of drug-likeness (QED) is 0.278. The number of hydrogen-bond acceptors (Lipinski definition) is 6. The largest absolute Gasteiger partial charge is 0.467 e. The van der Waals surface area contributed by atoms with Crippen LogP contribution in [0.5, 0.6) is 0 Å². The minimum Gasteiger partial charge on any atom is -0.467 e. The molecule has 0 aromatic rings. The summed E-state index contributed by atoms with van der Waals surface area (Å²) in [5.74, 6) is 0.101. The zero-order chi connectivity index (χ0) is 13.5. The van der Waals surface area contributed by atoms with Crippen molar-refractivity contribution in [2.45, 2.75) is 0 Å². The van der Waals surface area contributed by atoms with Gasteiger partial charge in [-0.25, -0.2) is 4.79 Å². The van der Waals surface area contributed by atoms with Crippen molar-refractivity contribution < 1.29 is 28.5 Å². The third-order valence-electron chi connectivity index (χ3n) is 1.79. The van der Waals surface area contributed by atoms with Crippen molar-refractivity contribution in [2.24, 2.45) is 0 Å². The number of carbonyl (C=O) groups is 1. The number of alkyl halides is 1. The number of carbonyl (C=O) groups excluding carboxylic acids is 1. The molecule has 0 aliphatic heterocycles. The van der Waals surface area contributed by atoms with Crippen LogP contribution in [-0.4, -0.2) is 71.8 Å². The molecular formula is C11H21ClO6. The van der Waals surface area contributed by atoms with Gasteiger partial charge in [0.05, 0.1) is 53.4 Å². The number of rotatable bonds is 13. The fraction of sp³-hybridized carbons (Fsp3) is 0.909. The molecule has 0 heterocycles. The summed E-state index contributed by atoms with van der Waals surface area (Å²) in [4.78, 5) is 10.7. The summed E-state index contributed by atoms with van der Waals surface area (Å²) in [5.41, 5.74) is 0. The van der Waals surface area contributed by atoms with Gasteiger partial charge in [-0.2, -0.15) is 0 Å². The van der Waals surface area contributed by atoms with Gasteiger partial charge in [-0.15, -0.1) is 11.6 Å². The first-order chi connectivity index (χ1) is 8.81.